The molecular weight excluding hydrogens is 474 g/mol. The molecule has 0 saturated heterocycles. The maximum Gasteiger partial charge on any atom is 0.381 e. The van der Waals surface area contributed by atoms with Gasteiger partial charge in [0.05, 0.1) is 6.42 Å². The average Bonchev–Trinajstić information content (AvgIpc) is 2.51. The molecule has 1 atom stereocenters. The van der Waals surface area contributed by atoms with Gasteiger partial charge >= 0.3 is 47.4 Å². The van der Waals surface area contributed by atoms with Gasteiger partial charge in [0.25, 0.3) is 5.67 Å². The molecular formula is C11H4F18. The topological polar surface area (TPSA) is 0 Å². The van der Waals surface area contributed by atoms with E-state index in [0.717, 1.165) is 0 Å². The van der Waals surface area contributed by atoms with Crippen LogP contribution in [0.2, 0.25) is 0 Å². The van der Waals surface area contributed by atoms with Gasteiger partial charge in [-0.1, -0.05) is 0 Å². The summed E-state index contributed by atoms with van der Waals surface area (Å²) in [4.78, 5) is 0. The predicted molar refractivity (Wildman–Crippen MR) is 54.0 cm³/mol. The quantitative estimate of drug-likeness (QED) is 0.416. The van der Waals surface area contributed by atoms with Crippen LogP contribution in [0.15, 0.2) is 0 Å². The van der Waals surface area contributed by atoms with Gasteiger partial charge in [0.15, 0.2) is 6.67 Å². The van der Waals surface area contributed by atoms with Gasteiger partial charge in [0.1, 0.15) is 0 Å². The predicted octanol–water partition coefficient (Wildman–Crippen LogP) is 6.15. The summed E-state index contributed by atoms with van der Waals surface area (Å²) in [6.07, 6.45) is -4.62. The van der Waals surface area contributed by atoms with Crippen LogP contribution < -0.4 is 0 Å². The van der Waals surface area contributed by atoms with Crippen molar-refractivity contribution in [2.75, 3.05) is 6.67 Å². The molecule has 0 amide bonds. The first-order valence-corrected chi connectivity index (χ1v) is 6.54. The summed E-state index contributed by atoms with van der Waals surface area (Å²) in [5.41, 5.74) is -7.63. The van der Waals surface area contributed by atoms with E-state index in [1.165, 1.54) is 0 Å². The summed E-state index contributed by atoms with van der Waals surface area (Å²) in [6.45, 7) is -3.91. The Balaban J connectivity index is 3.85. The van der Waals surface area contributed by atoms with E-state index >= 15 is 0 Å². The van der Waals surface area contributed by atoms with Crippen LogP contribution in [0.25, 0.3) is 0 Å². The zero-order chi connectivity index (χ0) is 23.9. The second-order valence-corrected chi connectivity index (χ2v) is 5.97. The van der Waals surface area contributed by atoms with Crippen molar-refractivity contribution in [1.29, 1.82) is 0 Å². The zero-order valence-electron chi connectivity index (χ0n) is 12.7. The number of rotatable bonds is 5. The fourth-order valence-electron chi connectivity index (χ4n) is 2.27. The normalized spacial score (nSPS) is 29.6. The molecule has 0 spiro atoms. The molecule has 1 saturated carbocycles. The van der Waals surface area contributed by atoms with Gasteiger partial charge in [-0.05, 0) is 0 Å². The molecule has 0 aromatic rings. The van der Waals surface area contributed by atoms with Crippen molar-refractivity contribution in [2.24, 2.45) is 0 Å². The van der Waals surface area contributed by atoms with Gasteiger partial charge in [0.2, 0.25) is 0 Å². The van der Waals surface area contributed by atoms with E-state index in [0.29, 0.717) is 0 Å². The minimum absolute atomic E-state index is 3.91. The average molecular weight is 478 g/mol. The van der Waals surface area contributed by atoms with Crippen LogP contribution in [0.1, 0.15) is 6.42 Å². The zero-order valence-corrected chi connectivity index (χ0v) is 12.7. The molecule has 1 aliphatic carbocycles. The Hall–Kier alpha value is -1.26. The SMILES string of the molecule is FCC(F)(F)C(F)(F)C(F)(F)C(F)(F)C1(F)CC(F)(F)C(F)(F)C(F)(F)C1(F)F. The third-order valence-electron chi connectivity index (χ3n) is 4.12. The molecule has 0 bridgehead atoms. The Kier molecular flexibility index (Phi) is 5.26. The van der Waals surface area contributed by atoms with E-state index in [9.17, 15) is 79.0 Å². The Labute approximate surface area is 146 Å². The lowest BCUT2D eigenvalue weighted by Crippen LogP contribution is -2.82. The summed E-state index contributed by atoms with van der Waals surface area (Å²) in [7, 11) is 0. The number of hydrogen-bond acceptors (Lipinski definition) is 0. The lowest BCUT2D eigenvalue weighted by atomic mass is 9.69. The first-order valence-electron chi connectivity index (χ1n) is 6.54. The van der Waals surface area contributed by atoms with Crippen molar-refractivity contribution in [1.82, 2.24) is 0 Å². The highest BCUT2D eigenvalue weighted by Crippen LogP contribution is 2.70. The second-order valence-electron chi connectivity index (χ2n) is 5.97. The summed E-state index contributed by atoms with van der Waals surface area (Å²) in [5.74, 6) is -61.4. The van der Waals surface area contributed by atoms with Gasteiger partial charge in [-0.25, -0.2) is 8.78 Å². The van der Waals surface area contributed by atoms with E-state index in [2.05, 4.69) is 0 Å². The van der Waals surface area contributed by atoms with Gasteiger partial charge in [-0.2, -0.15) is 70.2 Å². The van der Waals surface area contributed by atoms with Crippen LogP contribution in [0.3, 0.4) is 0 Å². The van der Waals surface area contributed by atoms with E-state index in [4.69, 9.17) is 0 Å². The van der Waals surface area contributed by atoms with Crippen molar-refractivity contribution < 1.29 is 79.0 Å². The molecule has 0 nitrogen and oxygen atoms in total. The van der Waals surface area contributed by atoms with Gasteiger partial charge in [-0.15, -0.1) is 0 Å². The highest BCUT2D eigenvalue weighted by Gasteiger charge is 2.99. The Bertz CT molecular complexity index is 646. The van der Waals surface area contributed by atoms with Crippen LogP contribution in [0, 0.1) is 0 Å². The lowest BCUT2D eigenvalue weighted by molar-refractivity contribution is -0.471. The highest BCUT2D eigenvalue weighted by atomic mass is 19.4. The Morgan fingerprint density at radius 1 is 0.552 bits per heavy atom. The molecule has 0 heterocycles. The molecule has 1 rings (SSSR count). The molecule has 0 aromatic carbocycles. The number of hydrogen-bond donors (Lipinski definition) is 0. The fraction of sp³-hybridized carbons (Fsp3) is 1.00. The molecule has 0 aromatic heterocycles. The highest BCUT2D eigenvalue weighted by molar-refractivity contribution is 5.26. The third kappa shape index (κ3) is 2.57. The summed E-state index contributed by atoms with van der Waals surface area (Å²) in [5, 5.41) is 0. The van der Waals surface area contributed by atoms with Crippen molar-refractivity contribution in [3.8, 4) is 0 Å². The molecule has 18 heteroatoms. The first-order chi connectivity index (χ1) is 12.3. The van der Waals surface area contributed by atoms with E-state index in [1.807, 2.05) is 0 Å². The Morgan fingerprint density at radius 3 is 1.28 bits per heavy atom. The Morgan fingerprint density at radius 2 is 0.931 bits per heavy atom. The van der Waals surface area contributed by atoms with Gasteiger partial charge in [0, 0.05) is 0 Å². The number of alkyl halides is 18. The van der Waals surface area contributed by atoms with Crippen LogP contribution in [0.4, 0.5) is 79.0 Å². The van der Waals surface area contributed by atoms with Gasteiger partial charge < -0.3 is 0 Å². The van der Waals surface area contributed by atoms with Gasteiger partial charge in [-0.3, -0.25) is 0 Å². The van der Waals surface area contributed by atoms with Crippen molar-refractivity contribution in [2.45, 2.75) is 59.5 Å². The molecule has 0 N–H and O–H groups in total. The molecule has 29 heavy (non-hydrogen) atoms. The van der Waals surface area contributed by atoms with Crippen LogP contribution >= 0.6 is 0 Å². The molecule has 0 radical (unpaired) electrons. The van der Waals surface area contributed by atoms with E-state index < -0.39 is 66.1 Å². The second kappa shape index (κ2) is 5.91. The standard InChI is InChI=1S/C11H4F18/c12-2-5(16,17)9(24,25)11(28,29)7(20,21)3(13)1-4(14,15)8(22,23)10(26,27)6(3,18)19/h1-2H2. The fourth-order valence-corrected chi connectivity index (χ4v) is 2.27. The largest absolute Gasteiger partial charge is 0.381 e. The maximum atomic E-state index is 14.0. The summed E-state index contributed by atoms with van der Waals surface area (Å²) >= 11 is 0. The van der Waals surface area contributed by atoms with Crippen molar-refractivity contribution in [3.63, 3.8) is 0 Å². The molecule has 174 valence electrons. The maximum absolute atomic E-state index is 14.0. The van der Waals surface area contributed by atoms with Crippen LogP contribution in [0.5, 0.6) is 0 Å². The molecule has 1 aliphatic rings. The van der Waals surface area contributed by atoms with Crippen molar-refractivity contribution >= 4 is 0 Å². The first kappa shape index (κ1) is 25.8. The summed E-state index contributed by atoms with van der Waals surface area (Å²) in [6, 6.07) is 0. The molecule has 1 fully saturated rings. The van der Waals surface area contributed by atoms with Crippen molar-refractivity contribution in [3.05, 3.63) is 0 Å². The summed E-state index contributed by atoms with van der Waals surface area (Å²) < 4.78 is 236. The van der Waals surface area contributed by atoms with Crippen LogP contribution in [-0.2, 0) is 0 Å². The number of halogens is 18. The van der Waals surface area contributed by atoms with Crippen LogP contribution in [-0.4, -0.2) is 59.7 Å². The monoisotopic (exact) mass is 478 g/mol. The molecule has 0 aliphatic heterocycles. The smallest absolute Gasteiger partial charge is 0.244 e. The van der Waals surface area contributed by atoms with E-state index in [1.54, 1.807) is 0 Å². The minimum Gasteiger partial charge on any atom is -0.244 e. The minimum atomic E-state index is -8.28. The third-order valence-corrected chi connectivity index (χ3v) is 4.12. The van der Waals surface area contributed by atoms with E-state index in [-0.39, 0.29) is 0 Å². The lowest BCUT2D eigenvalue weighted by Gasteiger charge is -2.52. The molecule has 1 unspecified atom stereocenters.